The number of rotatable bonds is 3. The maximum atomic E-state index is 12.0. The number of ether oxygens (including phenoxy) is 1. The zero-order chi connectivity index (χ0) is 17.4. The lowest BCUT2D eigenvalue weighted by molar-refractivity contribution is 0.0599. The number of hydrogen-bond donors (Lipinski definition) is 1. The number of hydrogen-bond acceptors (Lipinski definition) is 6. The van der Waals surface area contributed by atoms with E-state index in [1.807, 2.05) is 13.8 Å². The van der Waals surface area contributed by atoms with Crippen LogP contribution in [-0.4, -0.2) is 61.2 Å². The molecular formula is C17H24N4O2S. The number of likely N-dealkylation sites (N-methyl/N-ethyl adjacent to an activating group) is 1. The lowest BCUT2D eigenvalue weighted by Gasteiger charge is -2.32. The molecule has 3 heterocycles. The Bertz CT molecular complexity index is 757. The summed E-state index contributed by atoms with van der Waals surface area (Å²) in [6.07, 6.45) is 0. The van der Waals surface area contributed by atoms with Crippen molar-refractivity contribution in [3.8, 4) is 11.4 Å². The lowest BCUT2D eigenvalue weighted by Crippen LogP contribution is -2.44. The van der Waals surface area contributed by atoms with E-state index in [2.05, 4.69) is 28.8 Å². The van der Waals surface area contributed by atoms with Crippen LogP contribution in [0.25, 0.3) is 11.4 Å². The molecule has 3 rings (SSSR count). The molecule has 1 aliphatic heterocycles. The minimum Gasteiger partial charge on any atom is -0.465 e. The predicted octanol–water partition coefficient (Wildman–Crippen LogP) is 2.60. The van der Waals surface area contributed by atoms with Crippen molar-refractivity contribution in [1.82, 2.24) is 14.9 Å². The molecule has 0 saturated carbocycles. The van der Waals surface area contributed by atoms with Gasteiger partial charge in [-0.15, -0.1) is 11.3 Å². The first kappa shape index (κ1) is 17.0. The van der Waals surface area contributed by atoms with Gasteiger partial charge in [-0.05, 0) is 33.4 Å². The molecule has 0 aromatic carbocycles. The van der Waals surface area contributed by atoms with Gasteiger partial charge in [-0.25, -0.2) is 9.78 Å². The fourth-order valence-electron chi connectivity index (χ4n) is 3.14. The van der Waals surface area contributed by atoms with Crippen molar-refractivity contribution in [2.75, 3.05) is 45.2 Å². The molecular weight excluding hydrogens is 324 g/mol. The third kappa shape index (κ3) is 2.93. The molecule has 0 radical (unpaired) electrons. The summed E-state index contributed by atoms with van der Waals surface area (Å²) in [5, 5.41) is 1.06. The number of piperazine rings is 1. The molecule has 2 aromatic heterocycles. The lowest BCUT2D eigenvalue weighted by atomic mass is 10.1. The van der Waals surface area contributed by atoms with E-state index >= 15 is 0 Å². The minimum absolute atomic E-state index is 0.306. The molecule has 0 aliphatic carbocycles. The molecule has 130 valence electrons. The van der Waals surface area contributed by atoms with Crippen LogP contribution in [0.2, 0.25) is 0 Å². The predicted molar refractivity (Wildman–Crippen MR) is 97.2 cm³/mol. The van der Waals surface area contributed by atoms with Crippen LogP contribution in [0, 0.1) is 20.8 Å². The number of aryl methyl sites for hydroxylation is 2. The Hall–Kier alpha value is -1.86. The van der Waals surface area contributed by atoms with Crippen molar-refractivity contribution >= 4 is 22.4 Å². The number of methoxy groups -OCH3 is 1. The second-order valence-electron chi connectivity index (χ2n) is 6.31. The monoisotopic (exact) mass is 348 g/mol. The average molecular weight is 348 g/mol. The van der Waals surface area contributed by atoms with E-state index < -0.39 is 0 Å². The van der Waals surface area contributed by atoms with Gasteiger partial charge in [-0.1, -0.05) is 0 Å². The van der Waals surface area contributed by atoms with E-state index in [4.69, 9.17) is 9.72 Å². The van der Waals surface area contributed by atoms with E-state index in [0.717, 1.165) is 58.8 Å². The quantitative estimate of drug-likeness (QED) is 0.864. The van der Waals surface area contributed by atoms with Gasteiger partial charge in [0, 0.05) is 36.8 Å². The first-order chi connectivity index (χ1) is 11.4. The van der Waals surface area contributed by atoms with Crippen LogP contribution in [0.3, 0.4) is 0 Å². The Morgan fingerprint density at radius 2 is 1.88 bits per heavy atom. The summed E-state index contributed by atoms with van der Waals surface area (Å²) in [5.41, 5.74) is 4.19. The first-order valence-corrected chi connectivity index (χ1v) is 8.92. The summed E-state index contributed by atoms with van der Waals surface area (Å²) in [6, 6.07) is 0. The molecule has 0 amide bonds. The van der Waals surface area contributed by atoms with Crippen molar-refractivity contribution in [3.05, 3.63) is 21.7 Å². The van der Waals surface area contributed by atoms with Crippen LogP contribution >= 0.6 is 11.3 Å². The Labute approximate surface area is 146 Å². The summed E-state index contributed by atoms with van der Waals surface area (Å²) in [6.45, 7) is 10.0. The van der Waals surface area contributed by atoms with Crippen molar-refractivity contribution < 1.29 is 9.53 Å². The van der Waals surface area contributed by atoms with Crippen LogP contribution in [0.5, 0.6) is 0 Å². The maximum absolute atomic E-state index is 12.0. The number of nitrogens with zero attached hydrogens (tertiary/aromatic N) is 3. The topological polar surface area (TPSA) is 61.5 Å². The normalized spacial score (nSPS) is 15.8. The highest BCUT2D eigenvalue weighted by molar-refractivity contribution is 7.16. The second-order valence-corrected chi connectivity index (χ2v) is 7.49. The van der Waals surface area contributed by atoms with Gasteiger partial charge < -0.3 is 19.5 Å². The van der Waals surface area contributed by atoms with Crippen LogP contribution in [0.1, 0.15) is 26.5 Å². The zero-order valence-corrected chi connectivity index (χ0v) is 15.7. The molecule has 0 bridgehead atoms. The molecule has 1 fully saturated rings. The van der Waals surface area contributed by atoms with Gasteiger partial charge in [0.15, 0.2) is 5.13 Å². The Morgan fingerprint density at radius 1 is 1.21 bits per heavy atom. The Morgan fingerprint density at radius 3 is 2.50 bits per heavy atom. The van der Waals surface area contributed by atoms with Gasteiger partial charge in [0.05, 0.1) is 18.4 Å². The smallest absolute Gasteiger partial charge is 0.339 e. The number of carbonyl (C=O) groups is 1. The number of esters is 1. The molecule has 24 heavy (non-hydrogen) atoms. The van der Waals surface area contributed by atoms with E-state index in [1.54, 1.807) is 11.3 Å². The second kappa shape index (κ2) is 6.57. The highest BCUT2D eigenvalue weighted by Crippen LogP contribution is 2.35. The molecule has 1 saturated heterocycles. The number of H-pyrrole nitrogens is 1. The molecule has 1 N–H and O–H groups in total. The Kier molecular flexibility index (Phi) is 4.64. The number of nitrogens with one attached hydrogen (secondary N) is 1. The standard InChI is InChI=1S/C17H24N4O2S/c1-10-13(16(22)23-5)11(2)18-14(10)15-12(3)24-17(19-15)21-8-6-20(4)7-9-21/h18H,6-9H2,1-5H3. The van der Waals surface area contributed by atoms with Crippen molar-refractivity contribution in [3.63, 3.8) is 0 Å². The van der Waals surface area contributed by atoms with Gasteiger partial charge in [-0.2, -0.15) is 0 Å². The van der Waals surface area contributed by atoms with E-state index in [9.17, 15) is 4.79 Å². The number of thiazole rings is 1. The highest BCUT2D eigenvalue weighted by Gasteiger charge is 2.24. The first-order valence-electron chi connectivity index (χ1n) is 8.11. The largest absolute Gasteiger partial charge is 0.465 e. The van der Waals surface area contributed by atoms with E-state index in [0.29, 0.717) is 5.56 Å². The van der Waals surface area contributed by atoms with Gasteiger partial charge in [0.2, 0.25) is 0 Å². The summed E-state index contributed by atoms with van der Waals surface area (Å²) < 4.78 is 4.90. The van der Waals surface area contributed by atoms with Crippen molar-refractivity contribution in [1.29, 1.82) is 0 Å². The van der Waals surface area contributed by atoms with E-state index in [-0.39, 0.29) is 5.97 Å². The van der Waals surface area contributed by atoms with Crippen LogP contribution in [0.4, 0.5) is 5.13 Å². The third-order valence-electron chi connectivity index (χ3n) is 4.62. The highest BCUT2D eigenvalue weighted by atomic mass is 32.1. The third-order valence-corrected chi connectivity index (χ3v) is 5.65. The zero-order valence-electron chi connectivity index (χ0n) is 14.9. The summed E-state index contributed by atoms with van der Waals surface area (Å²) in [5.74, 6) is -0.306. The summed E-state index contributed by atoms with van der Waals surface area (Å²) in [4.78, 5) is 26.0. The van der Waals surface area contributed by atoms with Crippen LogP contribution in [0.15, 0.2) is 0 Å². The number of carbonyl (C=O) groups excluding carboxylic acids is 1. The molecule has 0 spiro atoms. The van der Waals surface area contributed by atoms with E-state index in [1.165, 1.54) is 7.11 Å². The van der Waals surface area contributed by atoms with Gasteiger partial charge in [0.25, 0.3) is 0 Å². The summed E-state index contributed by atoms with van der Waals surface area (Å²) in [7, 11) is 3.56. The van der Waals surface area contributed by atoms with Crippen LogP contribution in [-0.2, 0) is 4.74 Å². The number of aromatic amines is 1. The fourth-order valence-corrected chi connectivity index (χ4v) is 4.11. The molecule has 1 aliphatic rings. The van der Waals surface area contributed by atoms with Gasteiger partial charge >= 0.3 is 5.97 Å². The molecule has 7 heteroatoms. The molecule has 0 unspecified atom stereocenters. The Balaban J connectivity index is 1.95. The average Bonchev–Trinajstić information content (AvgIpc) is 3.07. The molecule has 0 atom stereocenters. The minimum atomic E-state index is -0.306. The van der Waals surface area contributed by atoms with Gasteiger partial charge in [0.1, 0.15) is 5.69 Å². The SMILES string of the molecule is COC(=O)c1c(C)[nH]c(-c2nc(N3CCN(C)CC3)sc2C)c1C. The summed E-state index contributed by atoms with van der Waals surface area (Å²) >= 11 is 1.72. The number of anilines is 1. The van der Waals surface area contributed by atoms with Crippen molar-refractivity contribution in [2.45, 2.75) is 20.8 Å². The maximum Gasteiger partial charge on any atom is 0.339 e. The van der Waals surface area contributed by atoms with Crippen molar-refractivity contribution in [2.24, 2.45) is 0 Å². The number of aromatic nitrogens is 2. The molecule has 6 nitrogen and oxygen atoms in total. The van der Waals surface area contributed by atoms with Gasteiger partial charge in [-0.3, -0.25) is 0 Å². The molecule has 2 aromatic rings. The fraction of sp³-hybridized carbons (Fsp3) is 0.529. The van der Waals surface area contributed by atoms with Crippen LogP contribution < -0.4 is 4.90 Å².